The zero-order valence-electron chi connectivity index (χ0n) is 19.2. The van der Waals surface area contributed by atoms with E-state index in [9.17, 15) is 18.0 Å². The molecule has 3 aromatic rings. The number of alkyl halides is 3. The summed E-state index contributed by atoms with van der Waals surface area (Å²) in [6, 6.07) is 17.3. The molecule has 4 rings (SSSR count). The number of aromatic nitrogens is 1. The Morgan fingerprint density at radius 1 is 1.00 bits per heavy atom. The monoisotopic (exact) mass is 480 g/mol. The number of carbonyl (C=O) groups is 1. The first-order chi connectivity index (χ1) is 16.9. The summed E-state index contributed by atoms with van der Waals surface area (Å²) in [5, 5.41) is 0. The van der Waals surface area contributed by atoms with Crippen LogP contribution in [0.3, 0.4) is 0 Å². The lowest BCUT2D eigenvalue weighted by molar-refractivity contribution is -0.137. The first-order valence-corrected chi connectivity index (χ1v) is 11.6. The summed E-state index contributed by atoms with van der Waals surface area (Å²) in [4.78, 5) is 19.2. The maximum Gasteiger partial charge on any atom is 0.416 e. The minimum atomic E-state index is -4.45. The Balaban J connectivity index is 1.50. The molecule has 1 amide bonds. The van der Waals surface area contributed by atoms with Crippen molar-refractivity contribution in [1.29, 1.82) is 0 Å². The minimum absolute atomic E-state index is 0.187. The number of nitrogens with zero attached hydrogens (tertiary/aromatic N) is 2. The highest BCUT2D eigenvalue weighted by molar-refractivity contribution is 5.94. The molecule has 1 aliphatic rings. The second-order valence-corrected chi connectivity index (χ2v) is 8.67. The zero-order chi connectivity index (χ0) is 24.7. The summed E-state index contributed by atoms with van der Waals surface area (Å²) in [5.74, 6) is 0.854. The smallest absolute Gasteiger partial charge is 0.416 e. The average Bonchev–Trinajstić information content (AvgIpc) is 2.88. The van der Waals surface area contributed by atoms with E-state index in [2.05, 4.69) is 17.1 Å². The topological polar surface area (TPSA) is 42.4 Å². The van der Waals surface area contributed by atoms with Gasteiger partial charge in [0.1, 0.15) is 5.75 Å². The molecule has 0 radical (unpaired) electrons. The van der Waals surface area contributed by atoms with Crippen molar-refractivity contribution in [1.82, 2.24) is 9.88 Å². The van der Waals surface area contributed by atoms with Gasteiger partial charge in [0.05, 0.1) is 24.4 Å². The van der Waals surface area contributed by atoms with E-state index >= 15 is 0 Å². The maximum atomic E-state index is 13.3. The second-order valence-electron chi connectivity index (χ2n) is 8.67. The van der Waals surface area contributed by atoms with E-state index < -0.39 is 11.7 Å². The molecule has 1 aliphatic carbocycles. The summed E-state index contributed by atoms with van der Waals surface area (Å²) < 4.78 is 44.9. The third-order valence-corrected chi connectivity index (χ3v) is 5.96. The van der Waals surface area contributed by atoms with Crippen LogP contribution >= 0.6 is 0 Å². The fourth-order valence-corrected chi connectivity index (χ4v) is 4.05. The second kappa shape index (κ2) is 11.2. The molecule has 4 nitrogen and oxygen atoms in total. The number of benzene rings is 2. The van der Waals surface area contributed by atoms with E-state index in [0.717, 1.165) is 42.7 Å². The molecule has 0 spiro atoms. The predicted molar refractivity (Wildman–Crippen MR) is 128 cm³/mol. The van der Waals surface area contributed by atoms with Crippen LogP contribution in [0.2, 0.25) is 0 Å². The van der Waals surface area contributed by atoms with Gasteiger partial charge in [-0.15, -0.1) is 0 Å². The Hall–Kier alpha value is -3.61. The van der Waals surface area contributed by atoms with Crippen LogP contribution in [-0.2, 0) is 19.3 Å². The minimum Gasteiger partial charge on any atom is -0.493 e. The van der Waals surface area contributed by atoms with Gasteiger partial charge in [0.25, 0.3) is 5.91 Å². The van der Waals surface area contributed by atoms with Gasteiger partial charge in [0.2, 0.25) is 0 Å². The summed E-state index contributed by atoms with van der Waals surface area (Å²) in [7, 11) is 0. The molecule has 1 aromatic heterocycles. The van der Waals surface area contributed by atoms with E-state index in [1.807, 2.05) is 36.4 Å². The van der Waals surface area contributed by atoms with Crippen LogP contribution in [0, 0.1) is 5.92 Å². The summed E-state index contributed by atoms with van der Waals surface area (Å²) >= 11 is 0. The van der Waals surface area contributed by atoms with Crippen LogP contribution in [0.4, 0.5) is 13.2 Å². The molecule has 182 valence electrons. The third-order valence-electron chi connectivity index (χ3n) is 5.96. The van der Waals surface area contributed by atoms with Gasteiger partial charge < -0.3 is 9.64 Å². The molecule has 35 heavy (non-hydrogen) atoms. The van der Waals surface area contributed by atoms with Crippen molar-refractivity contribution in [3.05, 3.63) is 107 Å². The molecule has 0 unspecified atom stereocenters. The Kier molecular flexibility index (Phi) is 7.85. The van der Waals surface area contributed by atoms with Crippen molar-refractivity contribution in [3.63, 3.8) is 0 Å². The quantitative estimate of drug-likeness (QED) is 0.338. The largest absolute Gasteiger partial charge is 0.493 e. The Labute approximate surface area is 203 Å². The van der Waals surface area contributed by atoms with Gasteiger partial charge in [-0.3, -0.25) is 9.78 Å². The molecule has 0 saturated heterocycles. The lowest BCUT2D eigenvalue weighted by atomic mass is 9.95. The number of hydrogen-bond acceptors (Lipinski definition) is 3. The highest BCUT2D eigenvalue weighted by atomic mass is 19.4. The number of rotatable bonds is 8. The van der Waals surface area contributed by atoms with Crippen LogP contribution in [0.15, 0.2) is 85.1 Å². The van der Waals surface area contributed by atoms with Crippen molar-refractivity contribution in [2.45, 2.75) is 38.5 Å². The van der Waals surface area contributed by atoms with Crippen molar-refractivity contribution in [2.24, 2.45) is 5.92 Å². The molecular formula is C28H27F3N2O2. The molecule has 7 heteroatoms. The van der Waals surface area contributed by atoms with Gasteiger partial charge in [-0.2, -0.15) is 13.2 Å². The highest BCUT2D eigenvalue weighted by Gasteiger charge is 2.30. The van der Waals surface area contributed by atoms with Gasteiger partial charge in [-0.1, -0.05) is 30.4 Å². The van der Waals surface area contributed by atoms with Crippen LogP contribution in [0.25, 0.3) is 0 Å². The molecule has 0 N–H and O–H groups in total. The van der Waals surface area contributed by atoms with Crippen molar-refractivity contribution < 1.29 is 22.7 Å². The average molecular weight is 481 g/mol. The van der Waals surface area contributed by atoms with Gasteiger partial charge in [-0.05, 0) is 79.3 Å². The van der Waals surface area contributed by atoms with Crippen LogP contribution in [-0.4, -0.2) is 22.4 Å². The van der Waals surface area contributed by atoms with Gasteiger partial charge in [-0.25, -0.2) is 0 Å². The first-order valence-electron chi connectivity index (χ1n) is 11.6. The fourth-order valence-electron chi connectivity index (χ4n) is 4.05. The fraction of sp³-hybridized carbons (Fsp3) is 0.286. The molecule has 0 aliphatic heterocycles. The van der Waals surface area contributed by atoms with Crippen molar-refractivity contribution in [3.8, 4) is 5.75 Å². The number of ether oxygens (including phenoxy) is 1. The highest BCUT2D eigenvalue weighted by Crippen LogP contribution is 2.29. The molecular weight excluding hydrogens is 453 g/mol. The van der Waals surface area contributed by atoms with Crippen LogP contribution in [0.1, 0.15) is 46.4 Å². The van der Waals surface area contributed by atoms with Crippen molar-refractivity contribution in [2.75, 3.05) is 6.61 Å². The number of hydrogen-bond donors (Lipinski definition) is 0. The van der Waals surface area contributed by atoms with Crippen LogP contribution < -0.4 is 4.74 Å². The van der Waals surface area contributed by atoms with Crippen molar-refractivity contribution >= 4 is 5.91 Å². The summed E-state index contributed by atoms with van der Waals surface area (Å²) in [5.41, 5.74) is 0.947. The molecule has 2 aromatic carbocycles. The number of amides is 1. The summed E-state index contributed by atoms with van der Waals surface area (Å²) in [6.45, 7) is 1.12. The van der Waals surface area contributed by atoms with E-state index in [1.165, 1.54) is 12.1 Å². The Morgan fingerprint density at radius 2 is 1.83 bits per heavy atom. The predicted octanol–water partition coefficient (Wildman–Crippen LogP) is 6.68. The van der Waals surface area contributed by atoms with Gasteiger partial charge >= 0.3 is 6.18 Å². The molecule has 0 bridgehead atoms. The molecule has 1 heterocycles. The number of halogens is 3. The van der Waals surface area contributed by atoms with E-state index in [4.69, 9.17) is 4.74 Å². The number of pyridine rings is 1. The molecule has 0 saturated carbocycles. The number of allylic oxidation sites excluding steroid dienone is 2. The van der Waals surface area contributed by atoms with E-state index in [1.54, 1.807) is 17.2 Å². The lowest BCUT2D eigenvalue weighted by Crippen LogP contribution is -2.30. The zero-order valence-corrected chi connectivity index (χ0v) is 19.2. The Morgan fingerprint density at radius 3 is 2.51 bits per heavy atom. The maximum absolute atomic E-state index is 13.3. The Bertz CT molecular complexity index is 1140. The number of carbonyl (C=O) groups excluding carboxylic acids is 1. The normalized spacial score (nSPS) is 15.6. The lowest BCUT2D eigenvalue weighted by Gasteiger charge is -2.23. The molecule has 0 fully saturated rings. The van der Waals surface area contributed by atoms with Gasteiger partial charge in [0, 0.05) is 18.3 Å². The summed E-state index contributed by atoms with van der Waals surface area (Å²) in [6.07, 6.45) is 4.77. The SMILES string of the molecule is O=C(c1ccc(C(F)(F)F)cc1)N(Cc1cccc(OC[C@H]2CC=CCC2)c1)Cc1ccccn1. The van der Waals surface area contributed by atoms with E-state index in [-0.39, 0.29) is 24.6 Å². The molecule has 1 atom stereocenters. The third kappa shape index (κ3) is 6.94. The van der Waals surface area contributed by atoms with Crippen LogP contribution in [0.5, 0.6) is 5.75 Å². The first kappa shape index (κ1) is 24.5. The standard InChI is InChI=1S/C28H27F3N2O2/c29-28(30,31)24-14-12-23(13-15-24)27(34)33(19-25-10-4-5-16-32-25)18-22-9-6-11-26(17-22)35-20-21-7-2-1-3-8-21/h1-2,4-6,9-17,21H,3,7-8,18-20H2/t21-/m0/s1. The van der Waals surface area contributed by atoms with E-state index in [0.29, 0.717) is 18.2 Å². The van der Waals surface area contributed by atoms with Gasteiger partial charge in [0.15, 0.2) is 0 Å².